The summed E-state index contributed by atoms with van der Waals surface area (Å²) < 4.78 is 12.7. The van der Waals surface area contributed by atoms with Gasteiger partial charge in [0.15, 0.2) is 0 Å². The van der Waals surface area contributed by atoms with E-state index in [4.69, 9.17) is 9.47 Å². The van der Waals surface area contributed by atoms with Crippen LogP contribution in [0.4, 0.5) is 0 Å². The van der Waals surface area contributed by atoms with E-state index in [1.165, 1.54) is 31.2 Å². The Bertz CT molecular complexity index is 909. The fraction of sp³-hybridized carbons (Fsp3) is 0.536. The molecule has 0 saturated heterocycles. The van der Waals surface area contributed by atoms with Gasteiger partial charge in [0.05, 0.1) is 17.6 Å². The summed E-state index contributed by atoms with van der Waals surface area (Å²) >= 11 is 0. The van der Waals surface area contributed by atoms with E-state index in [-0.39, 0.29) is 16.9 Å². The van der Waals surface area contributed by atoms with Crippen molar-refractivity contribution in [2.45, 2.75) is 96.7 Å². The lowest BCUT2D eigenvalue weighted by Gasteiger charge is -2.37. The van der Waals surface area contributed by atoms with Crippen LogP contribution in [-0.2, 0) is 12.0 Å². The van der Waals surface area contributed by atoms with E-state index < -0.39 is 0 Å². The van der Waals surface area contributed by atoms with Crippen molar-refractivity contribution < 1.29 is 9.47 Å². The lowest BCUT2D eigenvalue weighted by molar-refractivity contribution is 0.0774. The molecular weight excluding hydrogens is 382 g/mol. The van der Waals surface area contributed by atoms with E-state index in [9.17, 15) is 5.26 Å². The number of nitriles is 1. The molecule has 0 aromatic heterocycles. The molecule has 1 aliphatic rings. The third-order valence-electron chi connectivity index (χ3n) is 6.36. The maximum absolute atomic E-state index is 9.91. The van der Waals surface area contributed by atoms with Crippen molar-refractivity contribution in [3.8, 4) is 17.6 Å². The molecule has 0 fully saturated rings. The van der Waals surface area contributed by atoms with Crippen LogP contribution in [0.1, 0.15) is 95.8 Å². The Morgan fingerprint density at radius 1 is 1.13 bits per heavy atom. The quantitative estimate of drug-likeness (QED) is 0.391. The topological polar surface area (TPSA) is 42.2 Å². The Labute approximate surface area is 188 Å². The van der Waals surface area contributed by atoms with E-state index >= 15 is 0 Å². The van der Waals surface area contributed by atoms with E-state index in [0.29, 0.717) is 13.0 Å². The van der Waals surface area contributed by atoms with Gasteiger partial charge in [0, 0.05) is 6.42 Å². The second-order valence-corrected chi connectivity index (χ2v) is 10.1. The minimum atomic E-state index is -0.367. The summed E-state index contributed by atoms with van der Waals surface area (Å²) in [5.41, 5.74) is 2.89. The molecule has 0 radical (unpaired) electrons. The molecule has 2 aromatic carbocycles. The summed E-state index contributed by atoms with van der Waals surface area (Å²) in [6.07, 6.45) is 6.79. The Hall–Kier alpha value is -2.47. The highest BCUT2D eigenvalue weighted by Gasteiger charge is 2.37. The number of rotatable bonds is 9. The van der Waals surface area contributed by atoms with Crippen LogP contribution in [0, 0.1) is 11.3 Å². The highest BCUT2D eigenvalue weighted by molar-refractivity contribution is 5.55. The first-order valence-electron chi connectivity index (χ1n) is 11.7. The molecule has 0 amide bonds. The van der Waals surface area contributed by atoms with Gasteiger partial charge in [0.2, 0.25) is 0 Å². The largest absolute Gasteiger partial charge is 0.488 e. The van der Waals surface area contributed by atoms with Crippen molar-refractivity contribution in [1.29, 1.82) is 5.26 Å². The molecule has 3 nitrogen and oxygen atoms in total. The number of unbranched alkanes of at least 4 members (excludes halogenated alkanes) is 3. The number of nitrogens with zero attached hydrogens (tertiary/aromatic N) is 1. The van der Waals surface area contributed by atoms with Gasteiger partial charge in [-0.25, -0.2) is 0 Å². The van der Waals surface area contributed by atoms with Gasteiger partial charge in [0.25, 0.3) is 0 Å². The Balaban J connectivity index is 1.96. The van der Waals surface area contributed by atoms with Crippen LogP contribution < -0.4 is 9.47 Å². The Kier molecular flexibility index (Phi) is 7.31. The number of hydrogen-bond acceptors (Lipinski definition) is 3. The van der Waals surface area contributed by atoms with E-state index in [2.05, 4.69) is 65.0 Å². The Morgan fingerprint density at radius 3 is 2.55 bits per heavy atom. The number of hydrogen-bond donors (Lipinski definition) is 0. The number of fused-ring (bicyclic) bond motifs is 1. The molecule has 1 atom stereocenters. The van der Waals surface area contributed by atoms with Crippen molar-refractivity contribution in [1.82, 2.24) is 0 Å². The molecule has 0 spiro atoms. The number of ether oxygens (including phenoxy) is 2. The normalized spacial score (nSPS) is 17.4. The highest BCUT2D eigenvalue weighted by atomic mass is 16.5. The second-order valence-electron chi connectivity index (χ2n) is 10.1. The summed E-state index contributed by atoms with van der Waals surface area (Å²) in [6, 6.07) is 17.0. The van der Waals surface area contributed by atoms with Crippen LogP contribution in [0.15, 0.2) is 42.5 Å². The molecule has 31 heavy (non-hydrogen) atoms. The lowest BCUT2D eigenvalue weighted by atomic mass is 9.77. The summed E-state index contributed by atoms with van der Waals surface area (Å²) in [5, 5.41) is 9.91. The molecule has 0 N–H and O–H groups in total. The van der Waals surface area contributed by atoms with Gasteiger partial charge in [-0.1, -0.05) is 76.8 Å². The first-order chi connectivity index (χ1) is 14.8. The third kappa shape index (κ3) is 5.82. The predicted molar refractivity (Wildman–Crippen MR) is 127 cm³/mol. The standard InChI is InChI=1S/C28H37NO2/c1-6-7-8-12-15-27(2,3)23-16-24(30-20-21-13-10-9-11-14-21)26-22(19-29)18-28(4,5)31-25(26)17-23/h9-11,13-14,16-17,22H,6-8,12,15,18,20H2,1-5H3. The first kappa shape index (κ1) is 23.2. The summed E-state index contributed by atoms with van der Waals surface area (Å²) in [5.74, 6) is 1.37. The van der Waals surface area contributed by atoms with Gasteiger partial charge in [-0.2, -0.15) is 5.26 Å². The molecule has 1 heterocycles. The number of benzene rings is 2. The smallest absolute Gasteiger partial charge is 0.128 e. The molecule has 0 saturated carbocycles. The molecule has 0 aliphatic carbocycles. The third-order valence-corrected chi connectivity index (χ3v) is 6.36. The minimum absolute atomic E-state index is 0.0146. The van der Waals surface area contributed by atoms with Crippen LogP contribution >= 0.6 is 0 Å². The van der Waals surface area contributed by atoms with Gasteiger partial charge in [-0.3, -0.25) is 0 Å². The van der Waals surface area contributed by atoms with E-state index in [1.807, 2.05) is 18.2 Å². The van der Waals surface area contributed by atoms with Crippen molar-refractivity contribution in [3.05, 3.63) is 59.2 Å². The summed E-state index contributed by atoms with van der Waals surface area (Å²) in [7, 11) is 0. The van der Waals surface area contributed by atoms with Crippen LogP contribution in [0.5, 0.6) is 11.5 Å². The van der Waals surface area contributed by atoms with Crippen LogP contribution in [0.2, 0.25) is 0 Å². The first-order valence-corrected chi connectivity index (χ1v) is 11.7. The van der Waals surface area contributed by atoms with Crippen molar-refractivity contribution in [2.24, 2.45) is 0 Å². The molecule has 1 aliphatic heterocycles. The minimum Gasteiger partial charge on any atom is -0.488 e. The van der Waals surface area contributed by atoms with Crippen LogP contribution in [0.25, 0.3) is 0 Å². The average Bonchev–Trinajstić information content (AvgIpc) is 2.74. The molecule has 0 bridgehead atoms. The van der Waals surface area contributed by atoms with Crippen LogP contribution in [0.3, 0.4) is 0 Å². The van der Waals surface area contributed by atoms with Crippen LogP contribution in [-0.4, -0.2) is 5.60 Å². The fourth-order valence-corrected chi connectivity index (χ4v) is 4.46. The summed E-state index contributed by atoms with van der Waals surface area (Å²) in [4.78, 5) is 0. The molecule has 1 unspecified atom stereocenters. The zero-order chi connectivity index (χ0) is 22.5. The molecule has 166 valence electrons. The average molecular weight is 420 g/mol. The van der Waals surface area contributed by atoms with Crippen molar-refractivity contribution in [3.63, 3.8) is 0 Å². The second kappa shape index (κ2) is 9.77. The van der Waals surface area contributed by atoms with Gasteiger partial charge < -0.3 is 9.47 Å². The lowest BCUT2D eigenvalue weighted by Crippen LogP contribution is -2.35. The van der Waals surface area contributed by atoms with Crippen molar-refractivity contribution in [2.75, 3.05) is 0 Å². The van der Waals surface area contributed by atoms with Gasteiger partial charge in [0.1, 0.15) is 23.7 Å². The molecule has 3 heteroatoms. The zero-order valence-corrected chi connectivity index (χ0v) is 19.8. The van der Waals surface area contributed by atoms with Gasteiger partial charge in [-0.15, -0.1) is 0 Å². The van der Waals surface area contributed by atoms with Crippen molar-refractivity contribution >= 4 is 0 Å². The van der Waals surface area contributed by atoms with Gasteiger partial charge in [-0.05, 0) is 48.9 Å². The molecule has 2 aromatic rings. The Morgan fingerprint density at radius 2 is 1.87 bits per heavy atom. The molecule has 3 rings (SSSR count). The van der Waals surface area contributed by atoms with E-state index in [0.717, 1.165) is 29.0 Å². The predicted octanol–water partition coefficient (Wildman–Crippen LogP) is 7.68. The SMILES string of the molecule is CCCCCCC(C)(C)c1cc(OCc2ccccc2)c2c(c1)OC(C)(C)CC2C#N. The monoisotopic (exact) mass is 419 g/mol. The summed E-state index contributed by atoms with van der Waals surface area (Å²) in [6.45, 7) is 11.5. The molecular formula is C28H37NO2. The van der Waals surface area contributed by atoms with Gasteiger partial charge >= 0.3 is 0 Å². The zero-order valence-electron chi connectivity index (χ0n) is 19.8. The fourth-order valence-electron chi connectivity index (χ4n) is 4.46. The maximum Gasteiger partial charge on any atom is 0.128 e. The van der Waals surface area contributed by atoms with E-state index in [1.54, 1.807) is 0 Å². The maximum atomic E-state index is 9.91. The highest BCUT2D eigenvalue weighted by Crippen LogP contribution is 2.48.